The molecule has 1 aliphatic heterocycles. The normalized spacial score (nSPS) is 18.9. The van der Waals surface area contributed by atoms with E-state index in [4.69, 9.17) is 11.5 Å². The Bertz CT molecular complexity index is 1230. The van der Waals surface area contributed by atoms with E-state index in [1.165, 1.54) is 0 Å². The number of hydrogen-bond acceptors (Lipinski definition) is 7. The lowest BCUT2D eigenvalue weighted by Crippen LogP contribution is -2.61. The Kier molecular flexibility index (Phi) is 6.03. The van der Waals surface area contributed by atoms with Crippen molar-refractivity contribution in [2.45, 2.75) is 57.7 Å². The summed E-state index contributed by atoms with van der Waals surface area (Å²) in [6, 6.07) is 5.76. The van der Waals surface area contributed by atoms with Gasteiger partial charge in [-0.25, -0.2) is 4.98 Å². The molecule has 180 valence electrons. The second-order valence-electron chi connectivity index (χ2n) is 10.5. The Balaban J connectivity index is 1.59. The number of nitrogens with two attached hydrogens (primary N) is 2. The summed E-state index contributed by atoms with van der Waals surface area (Å²) in [6.07, 6.45) is 12.5. The molecule has 3 heterocycles. The van der Waals surface area contributed by atoms with Crippen molar-refractivity contribution in [2.75, 3.05) is 7.05 Å². The van der Waals surface area contributed by atoms with E-state index in [2.05, 4.69) is 47.9 Å². The van der Waals surface area contributed by atoms with Crippen LogP contribution in [0.4, 0.5) is 0 Å². The molecule has 0 aliphatic carbocycles. The minimum atomic E-state index is 0.0241. The van der Waals surface area contributed by atoms with Gasteiger partial charge in [-0.05, 0) is 64.8 Å². The number of aromatic nitrogens is 3. The Morgan fingerprint density at radius 1 is 1.15 bits per heavy atom. The summed E-state index contributed by atoms with van der Waals surface area (Å²) in [5.74, 6) is 0.706. The number of phenolic OH excluding ortho intramolecular Hbond substituents is 1. The molecule has 1 saturated heterocycles. The fourth-order valence-corrected chi connectivity index (χ4v) is 5.07. The van der Waals surface area contributed by atoms with Crippen LogP contribution in [-0.4, -0.2) is 48.7 Å². The third-order valence-corrected chi connectivity index (χ3v) is 6.46. The molecule has 1 aromatic carbocycles. The van der Waals surface area contributed by atoms with Crippen molar-refractivity contribution >= 4 is 16.6 Å². The summed E-state index contributed by atoms with van der Waals surface area (Å²) in [5.41, 5.74) is 15.4. The minimum Gasteiger partial charge on any atom is -0.507 e. The molecule has 34 heavy (non-hydrogen) atoms. The number of rotatable bonds is 5. The van der Waals surface area contributed by atoms with E-state index in [0.717, 1.165) is 23.9 Å². The van der Waals surface area contributed by atoms with Gasteiger partial charge in [0.15, 0.2) is 0 Å². The SMILES string of the molecule is CN(/C(N)=C/C=C(\N)c1cc2cc(-n3ccnc3)cnc2cc1O)C1CC(C)(C)NC(C)(C)C1. The predicted molar refractivity (Wildman–Crippen MR) is 137 cm³/mol. The van der Waals surface area contributed by atoms with E-state index in [1.807, 2.05) is 29.9 Å². The topological polar surface area (TPSA) is 118 Å². The van der Waals surface area contributed by atoms with Crippen LogP contribution in [0.15, 0.2) is 61.1 Å². The summed E-state index contributed by atoms with van der Waals surface area (Å²) in [7, 11) is 2.02. The van der Waals surface area contributed by atoms with E-state index in [1.54, 1.807) is 36.9 Å². The van der Waals surface area contributed by atoms with Gasteiger partial charge in [-0.2, -0.15) is 0 Å². The smallest absolute Gasteiger partial charge is 0.127 e. The number of imidazole rings is 1. The van der Waals surface area contributed by atoms with Crippen LogP contribution in [0.5, 0.6) is 5.75 Å². The number of fused-ring (bicyclic) bond motifs is 1. The van der Waals surface area contributed by atoms with Gasteiger partial charge >= 0.3 is 0 Å². The van der Waals surface area contributed by atoms with Gasteiger partial charge < -0.3 is 31.4 Å². The quantitative estimate of drug-likeness (QED) is 0.430. The first-order valence-electron chi connectivity index (χ1n) is 11.5. The Morgan fingerprint density at radius 3 is 2.50 bits per heavy atom. The first kappa shape index (κ1) is 23.6. The van der Waals surface area contributed by atoms with E-state index in [-0.39, 0.29) is 16.8 Å². The molecule has 1 aliphatic rings. The van der Waals surface area contributed by atoms with Gasteiger partial charge in [-0.3, -0.25) is 4.98 Å². The molecule has 6 N–H and O–H groups in total. The zero-order chi connectivity index (χ0) is 24.7. The molecular weight excluding hydrogens is 426 g/mol. The van der Waals surface area contributed by atoms with Gasteiger partial charge in [0.2, 0.25) is 0 Å². The van der Waals surface area contributed by atoms with Crippen LogP contribution in [0.3, 0.4) is 0 Å². The molecule has 0 unspecified atom stereocenters. The van der Waals surface area contributed by atoms with Crippen molar-refractivity contribution in [1.29, 1.82) is 0 Å². The van der Waals surface area contributed by atoms with Gasteiger partial charge in [0.1, 0.15) is 5.75 Å². The Morgan fingerprint density at radius 2 is 1.85 bits per heavy atom. The minimum absolute atomic E-state index is 0.0241. The number of nitrogens with zero attached hydrogens (tertiary/aromatic N) is 4. The fraction of sp³-hybridized carbons (Fsp3) is 0.385. The maximum absolute atomic E-state index is 10.6. The first-order valence-corrected chi connectivity index (χ1v) is 11.5. The second kappa shape index (κ2) is 8.68. The van der Waals surface area contributed by atoms with Gasteiger partial charge in [0.05, 0.1) is 29.5 Å². The average Bonchev–Trinajstić information content (AvgIpc) is 3.28. The van der Waals surface area contributed by atoms with E-state index in [9.17, 15) is 5.11 Å². The molecule has 0 atom stereocenters. The number of allylic oxidation sites excluding steroid dienone is 2. The molecule has 8 heteroatoms. The van der Waals surface area contributed by atoms with Crippen LogP contribution in [0.2, 0.25) is 0 Å². The number of hydrogen-bond donors (Lipinski definition) is 4. The number of benzene rings is 1. The summed E-state index contributed by atoms with van der Waals surface area (Å²) < 4.78 is 1.88. The molecule has 3 aromatic rings. The fourth-order valence-electron chi connectivity index (χ4n) is 5.07. The van der Waals surface area contributed by atoms with Crippen molar-refractivity contribution in [1.82, 2.24) is 24.8 Å². The first-order chi connectivity index (χ1) is 15.9. The highest BCUT2D eigenvalue weighted by Gasteiger charge is 2.39. The van der Waals surface area contributed by atoms with E-state index >= 15 is 0 Å². The third kappa shape index (κ3) is 5.02. The Labute approximate surface area is 201 Å². The lowest BCUT2D eigenvalue weighted by Gasteiger charge is -2.49. The summed E-state index contributed by atoms with van der Waals surface area (Å²) in [6.45, 7) is 8.90. The van der Waals surface area contributed by atoms with Gasteiger partial charge in [0.25, 0.3) is 0 Å². The van der Waals surface area contributed by atoms with Crippen molar-refractivity contribution in [3.05, 3.63) is 66.7 Å². The summed E-state index contributed by atoms with van der Waals surface area (Å²) in [5, 5.41) is 15.1. The molecule has 0 saturated carbocycles. The number of aromatic hydroxyl groups is 1. The number of pyridine rings is 1. The molecule has 0 bridgehead atoms. The molecule has 2 aromatic heterocycles. The summed E-state index contributed by atoms with van der Waals surface area (Å²) >= 11 is 0. The van der Waals surface area contributed by atoms with Crippen LogP contribution in [-0.2, 0) is 0 Å². The number of phenols is 1. The maximum atomic E-state index is 10.6. The molecular formula is C26H35N7O. The molecule has 4 rings (SSSR count). The zero-order valence-corrected chi connectivity index (χ0v) is 20.6. The highest BCUT2D eigenvalue weighted by atomic mass is 16.3. The van der Waals surface area contributed by atoms with Gasteiger partial charge in [-0.1, -0.05) is 0 Å². The van der Waals surface area contributed by atoms with Crippen LogP contribution < -0.4 is 16.8 Å². The zero-order valence-electron chi connectivity index (χ0n) is 20.6. The highest BCUT2D eigenvalue weighted by molar-refractivity contribution is 5.87. The molecule has 0 radical (unpaired) electrons. The van der Waals surface area contributed by atoms with Crippen LogP contribution >= 0.6 is 0 Å². The second-order valence-corrected chi connectivity index (χ2v) is 10.5. The van der Waals surface area contributed by atoms with Crippen molar-refractivity contribution in [3.63, 3.8) is 0 Å². The monoisotopic (exact) mass is 461 g/mol. The van der Waals surface area contributed by atoms with Crippen molar-refractivity contribution in [3.8, 4) is 11.4 Å². The molecule has 8 nitrogen and oxygen atoms in total. The lowest BCUT2D eigenvalue weighted by molar-refractivity contribution is 0.0981. The molecule has 1 fully saturated rings. The largest absolute Gasteiger partial charge is 0.507 e. The van der Waals surface area contributed by atoms with Crippen LogP contribution in [0.1, 0.15) is 46.1 Å². The van der Waals surface area contributed by atoms with Crippen LogP contribution in [0.25, 0.3) is 22.3 Å². The standard InChI is InChI=1S/C26H35N7O/c1-25(2)13-19(14-26(3,4)31-25)32(5)24(28)7-6-21(27)20-11-17-10-18(33-9-8-29-16-33)15-30-22(17)12-23(20)34/h6-12,15-16,19,31,34H,13-14,27-28H2,1-5H3/b21-6-,24-7+. The highest BCUT2D eigenvalue weighted by Crippen LogP contribution is 2.32. The lowest BCUT2D eigenvalue weighted by atomic mass is 9.79. The van der Waals surface area contributed by atoms with Gasteiger partial charge in [-0.15, -0.1) is 0 Å². The number of nitrogens with one attached hydrogen (secondary N) is 1. The van der Waals surface area contributed by atoms with Gasteiger partial charge in [0, 0.05) is 59.3 Å². The molecule has 0 amide bonds. The van der Waals surface area contributed by atoms with E-state index < -0.39 is 0 Å². The summed E-state index contributed by atoms with van der Waals surface area (Å²) in [4.78, 5) is 10.7. The average molecular weight is 462 g/mol. The third-order valence-electron chi connectivity index (χ3n) is 6.46. The van der Waals surface area contributed by atoms with Crippen molar-refractivity contribution in [2.24, 2.45) is 11.5 Å². The number of piperidine rings is 1. The predicted octanol–water partition coefficient (Wildman–Crippen LogP) is 3.47. The maximum Gasteiger partial charge on any atom is 0.127 e. The van der Waals surface area contributed by atoms with Crippen molar-refractivity contribution < 1.29 is 5.11 Å². The Hall–Kier alpha value is -3.52. The molecule has 0 spiro atoms. The van der Waals surface area contributed by atoms with Crippen LogP contribution in [0, 0.1) is 0 Å². The van der Waals surface area contributed by atoms with E-state index in [0.29, 0.717) is 28.6 Å².